The number of hydrogen-bond donors (Lipinski definition) is 2. The van der Waals surface area contributed by atoms with Gasteiger partial charge in [0.05, 0.1) is 4.92 Å². The van der Waals surface area contributed by atoms with Gasteiger partial charge in [-0.25, -0.2) is 5.10 Å². The van der Waals surface area contributed by atoms with E-state index >= 15 is 0 Å². The molecule has 1 heterocycles. The molecule has 7 nitrogen and oxygen atoms in total. The molecule has 18 heavy (non-hydrogen) atoms. The van der Waals surface area contributed by atoms with Gasteiger partial charge in [0, 0.05) is 11.8 Å². The number of benzene rings is 1. The molecule has 94 valence electrons. The third-order valence-electron chi connectivity index (χ3n) is 2.06. The number of nitrogen functional groups attached to an aromatic ring is 1. The van der Waals surface area contributed by atoms with Gasteiger partial charge in [0.1, 0.15) is 0 Å². The molecule has 0 atom stereocenters. The highest BCUT2D eigenvalue weighted by Gasteiger charge is 2.14. The lowest BCUT2D eigenvalue weighted by molar-refractivity contribution is -0.387. The van der Waals surface area contributed by atoms with Gasteiger partial charge in [-0.2, -0.15) is 9.37 Å². The molecule has 0 spiro atoms. The Morgan fingerprint density at radius 3 is 2.89 bits per heavy atom. The van der Waals surface area contributed by atoms with Crippen LogP contribution in [-0.4, -0.2) is 20.1 Å². The predicted octanol–water partition coefficient (Wildman–Crippen LogP) is 1.73. The molecule has 0 amide bonds. The average Bonchev–Trinajstić information content (AvgIpc) is 2.72. The summed E-state index contributed by atoms with van der Waals surface area (Å²) in [7, 11) is 0. The van der Waals surface area contributed by atoms with Crippen molar-refractivity contribution in [2.24, 2.45) is 0 Å². The van der Waals surface area contributed by atoms with Crippen LogP contribution in [0.3, 0.4) is 0 Å². The fourth-order valence-corrected chi connectivity index (χ4v) is 2.01. The van der Waals surface area contributed by atoms with Gasteiger partial charge in [-0.05, 0) is 11.6 Å². The Balaban J connectivity index is 2.06. The first kappa shape index (κ1) is 12.3. The lowest BCUT2D eigenvalue weighted by atomic mass is 10.2. The van der Waals surface area contributed by atoms with Gasteiger partial charge in [-0.15, -0.1) is 5.10 Å². The highest BCUT2D eigenvalue weighted by atomic mass is 32.2. The molecule has 0 aliphatic heterocycles. The molecule has 0 fully saturated rings. The second-order valence-electron chi connectivity index (χ2n) is 3.33. The molecule has 0 bridgehead atoms. The van der Waals surface area contributed by atoms with Crippen LogP contribution in [0.4, 0.5) is 16.0 Å². The summed E-state index contributed by atoms with van der Waals surface area (Å²) < 4.78 is 13.3. The van der Waals surface area contributed by atoms with Crippen molar-refractivity contribution in [3.05, 3.63) is 39.7 Å². The van der Waals surface area contributed by atoms with Crippen LogP contribution >= 0.6 is 11.8 Å². The number of nitrogens with one attached hydrogen (secondary N) is 1. The Morgan fingerprint density at radius 2 is 2.33 bits per heavy atom. The van der Waals surface area contributed by atoms with E-state index in [4.69, 9.17) is 5.73 Å². The fourth-order valence-electron chi connectivity index (χ4n) is 1.26. The van der Waals surface area contributed by atoms with Crippen LogP contribution in [0, 0.1) is 15.9 Å². The van der Waals surface area contributed by atoms with Crippen molar-refractivity contribution in [1.29, 1.82) is 0 Å². The highest BCUT2D eigenvalue weighted by Crippen LogP contribution is 2.23. The normalized spacial score (nSPS) is 10.5. The Morgan fingerprint density at radius 1 is 1.56 bits per heavy atom. The monoisotopic (exact) mass is 269 g/mol. The summed E-state index contributed by atoms with van der Waals surface area (Å²) in [5.41, 5.74) is 5.41. The number of nitrogens with zero attached hydrogens (tertiary/aromatic N) is 3. The second-order valence-corrected chi connectivity index (χ2v) is 4.28. The van der Waals surface area contributed by atoms with Crippen LogP contribution in [0.1, 0.15) is 5.56 Å². The molecule has 0 saturated heterocycles. The molecule has 0 saturated carbocycles. The van der Waals surface area contributed by atoms with E-state index in [9.17, 15) is 14.5 Å². The molecule has 0 unspecified atom stereocenters. The summed E-state index contributed by atoms with van der Waals surface area (Å²) in [4.78, 5) is 13.5. The first-order valence-corrected chi connectivity index (χ1v) is 5.78. The summed E-state index contributed by atoms with van der Waals surface area (Å²) in [5.74, 6) is -0.258. The molecule has 0 aliphatic rings. The zero-order chi connectivity index (χ0) is 13.1. The molecular formula is C9H8FN5O2S. The topological polar surface area (TPSA) is 111 Å². The molecular weight excluding hydrogens is 261 g/mol. The van der Waals surface area contributed by atoms with Gasteiger partial charge in [0.25, 0.3) is 0 Å². The van der Waals surface area contributed by atoms with E-state index in [1.807, 2.05) is 0 Å². The van der Waals surface area contributed by atoms with E-state index in [1.54, 1.807) is 0 Å². The van der Waals surface area contributed by atoms with Gasteiger partial charge >= 0.3 is 5.69 Å². The molecule has 3 N–H and O–H groups in total. The van der Waals surface area contributed by atoms with Crippen molar-refractivity contribution in [3.63, 3.8) is 0 Å². The van der Waals surface area contributed by atoms with Gasteiger partial charge in [0.15, 0.2) is 0 Å². The summed E-state index contributed by atoms with van der Waals surface area (Å²) in [6.45, 7) is 0. The summed E-state index contributed by atoms with van der Waals surface area (Å²) in [6.07, 6.45) is 0. The van der Waals surface area contributed by atoms with E-state index in [1.165, 1.54) is 17.8 Å². The van der Waals surface area contributed by atoms with E-state index in [0.717, 1.165) is 12.1 Å². The number of nitro groups is 1. The van der Waals surface area contributed by atoms with Crippen LogP contribution in [0.15, 0.2) is 23.4 Å². The van der Waals surface area contributed by atoms with Gasteiger partial charge in [-0.3, -0.25) is 10.1 Å². The highest BCUT2D eigenvalue weighted by molar-refractivity contribution is 7.98. The van der Waals surface area contributed by atoms with Crippen LogP contribution in [0.25, 0.3) is 0 Å². The van der Waals surface area contributed by atoms with Crippen LogP contribution in [0.5, 0.6) is 0 Å². The lowest BCUT2D eigenvalue weighted by Gasteiger charge is -1.99. The van der Waals surface area contributed by atoms with Gasteiger partial charge < -0.3 is 5.73 Å². The number of aromatic amines is 1. The number of rotatable bonds is 4. The first-order chi connectivity index (χ1) is 8.56. The number of aromatic nitrogens is 3. The Bertz CT molecular complexity index is 588. The quantitative estimate of drug-likeness (QED) is 0.496. The summed E-state index contributed by atoms with van der Waals surface area (Å²) in [6, 6.07) is 3.75. The zero-order valence-electron chi connectivity index (χ0n) is 8.96. The van der Waals surface area contributed by atoms with Crippen molar-refractivity contribution in [2.75, 3.05) is 5.73 Å². The minimum absolute atomic E-state index is 0.201. The van der Waals surface area contributed by atoms with Crippen molar-refractivity contribution < 1.29 is 9.31 Å². The number of nitro benzene ring substituents is 1. The Hall–Kier alpha value is -2.16. The zero-order valence-corrected chi connectivity index (χ0v) is 9.78. The van der Waals surface area contributed by atoms with Crippen molar-refractivity contribution >= 4 is 23.4 Å². The maximum Gasteiger partial charge on any atom is 0.304 e. The maximum atomic E-state index is 13.3. The molecule has 9 heteroatoms. The lowest BCUT2D eigenvalue weighted by Crippen LogP contribution is -1.93. The summed E-state index contributed by atoms with van der Waals surface area (Å²) >= 11 is 1.25. The SMILES string of the molecule is Nc1nc(SCc2ccc([N+](=O)[O-])c(F)c2)n[nH]1. The minimum Gasteiger partial charge on any atom is -0.368 e. The van der Waals surface area contributed by atoms with E-state index in [-0.39, 0.29) is 5.95 Å². The number of anilines is 1. The van der Waals surface area contributed by atoms with Crippen molar-refractivity contribution in [3.8, 4) is 0 Å². The molecule has 1 aromatic carbocycles. The van der Waals surface area contributed by atoms with E-state index < -0.39 is 16.4 Å². The Kier molecular flexibility index (Phi) is 3.42. The number of thioether (sulfide) groups is 1. The third kappa shape index (κ3) is 2.74. The average molecular weight is 269 g/mol. The molecule has 0 aliphatic carbocycles. The fraction of sp³-hybridized carbons (Fsp3) is 0.111. The van der Waals surface area contributed by atoms with Crippen LogP contribution in [-0.2, 0) is 5.75 Å². The number of H-pyrrole nitrogens is 1. The second kappa shape index (κ2) is 5.00. The molecule has 1 aromatic heterocycles. The summed E-state index contributed by atoms with van der Waals surface area (Å²) in [5, 5.41) is 17.1. The molecule has 2 aromatic rings. The third-order valence-corrected chi connectivity index (χ3v) is 2.98. The maximum absolute atomic E-state index is 13.3. The predicted molar refractivity (Wildman–Crippen MR) is 63.4 cm³/mol. The molecule has 2 rings (SSSR count). The number of hydrogen-bond acceptors (Lipinski definition) is 6. The number of nitrogens with two attached hydrogens (primary N) is 1. The Labute approximate surface area is 105 Å². The van der Waals surface area contributed by atoms with Crippen molar-refractivity contribution in [2.45, 2.75) is 10.9 Å². The minimum atomic E-state index is -0.854. The van der Waals surface area contributed by atoms with Crippen LogP contribution in [0.2, 0.25) is 0 Å². The van der Waals surface area contributed by atoms with Gasteiger partial charge in [0.2, 0.25) is 16.9 Å². The van der Waals surface area contributed by atoms with Crippen LogP contribution < -0.4 is 5.73 Å². The number of halogens is 1. The van der Waals surface area contributed by atoms with Gasteiger partial charge in [-0.1, -0.05) is 17.8 Å². The largest absolute Gasteiger partial charge is 0.368 e. The standard InChI is InChI=1S/C9H8FN5O2S/c10-6-3-5(1-2-7(6)15(16)17)4-18-9-12-8(11)13-14-9/h1-3H,4H2,(H3,11,12,13,14). The first-order valence-electron chi connectivity index (χ1n) is 4.80. The van der Waals surface area contributed by atoms with Crippen molar-refractivity contribution in [1.82, 2.24) is 15.2 Å². The van der Waals surface area contributed by atoms with E-state index in [0.29, 0.717) is 16.5 Å². The smallest absolute Gasteiger partial charge is 0.304 e. The molecule has 0 radical (unpaired) electrons. The van der Waals surface area contributed by atoms with E-state index in [2.05, 4.69) is 15.2 Å².